The number of halogens is 3. The van der Waals surface area contributed by atoms with Gasteiger partial charge in [-0.1, -0.05) is 0 Å². The van der Waals surface area contributed by atoms with E-state index < -0.39 is 11.9 Å². The lowest BCUT2D eigenvalue weighted by molar-refractivity contribution is -0.141. The summed E-state index contributed by atoms with van der Waals surface area (Å²) in [6.07, 6.45) is -4.45. The molecule has 4 nitrogen and oxygen atoms in total. The van der Waals surface area contributed by atoms with Crippen molar-refractivity contribution in [3.63, 3.8) is 0 Å². The standard InChI is InChI=1S/C11H15F3N4S/c1-2-15-10-16-8(11(12,13)14)7-9(17-10)18-3-5-19-6-4-18/h7H,2-6H2,1H3,(H,15,16,17). The van der Waals surface area contributed by atoms with Crippen molar-refractivity contribution in [1.29, 1.82) is 0 Å². The highest BCUT2D eigenvalue weighted by atomic mass is 32.2. The van der Waals surface area contributed by atoms with E-state index in [9.17, 15) is 13.2 Å². The fraction of sp³-hybridized carbons (Fsp3) is 0.636. The molecule has 1 aliphatic heterocycles. The molecule has 1 N–H and O–H groups in total. The van der Waals surface area contributed by atoms with Gasteiger partial charge in [0.05, 0.1) is 0 Å². The highest BCUT2D eigenvalue weighted by Gasteiger charge is 2.34. The van der Waals surface area contributed by atoms with Crippen molar-refractivity contribution in [2.75, 3.05) is 41.4 Å². The van der Waals surface area contributed by atoms with E-state index in [2.05, 4.69) is 15.3 Å². The van der Waals surface area contributed by atoms with Crippen molar-refractivity contribution in [2.45, 2.75) is 13.1 Å². The number of aromatic nitrogens is 2. The van der Waals surface area contributed by atoms with E-state index in [1.807, 2.05) is 4.90 Å². The lowest BCUT2D eigenvalue weighted by Crippen LogP contribution is -2.33. The van der Waals surface area contributed by atoms with Crippen molar-refractivity contribution in [3.05, 3.63) is 11.8 Å². The second-order valence-corrected chi connectivity index (χ2v) is 5.29. The van der Waals surface area contributed by atoms with Crippen LogP contribution in [0.3, 0.4) is 0 Å². The Morgan fingerprint density at radius 3 is 2.58 bits per heavy atom. The minimum atomic E-state index is -4.45. The van der Waals surface area contributed by atoms with Crippen LogP contribution < -0.4 is 10.2 Å². The van der Waals surface area contributed by atoms with Crippen molar-refractivity contribution in [1.82, 2.24) is 9.97 Å². The fourth-order valence-electron chi connectivity index (χ4n) is 1.77. The van der Waals surface area contributed by atoms with Crippen LogP contribution in [0.25, 0.3) is 0 Å². The molecule has 0 atom stereocenters. The largest absolute Gasteiger partial charge is 0.433 e. The summed E-state index contributed by atoms with van der Waals surface area (Å²) in [6.45, 7) is 3.70. The first-order chi connectivity index (χ1) is 9.00. The quantitative estimate of drug-likeness (QED) is 0.927. The first-order valence-corrected chi connectivity index (χ1v) is 7.19. The Bertz CT molecular complexity index is 432. The Kier molecular flexibility index (Phi) is 4.38. The predicted molar refractivity (Wildman–Crippen MR) is 70.7 cm³/mol. The maximum atomic E-state index is 12.8. The molecule has 0 aromatic carbocycles. The van der Waals surface area contributed by atoms with Gasteiger partial charge in [0.1, 0.15) is 5.82 Å². The molecule has 0 unspecified atom stereocenters. The van der Waals surface area contributed by atoms with Crippen molar-refractivity contribution in [3.8, 4) is 0 Å². The third-order valence-corrected chi connectivity index (χ3v) is 3.62. The topological polar surface area (TPSA) is 41.1 Å². The smallest absolute Gasteiger partial charge is 0.355 e. The van der Waals surface area contributed by atoms with Crippen molar-refractivity contribution >= 4 is 23.5 Å². The van der Waals surface area contributed by atoms with E-state index in [1.54, 1.807) is 18.7 Å². The number of hydrogen-bond donors (Lipinski definition) is 1. The molecule has 1 aromatic rings. The van der Waals surface area contributed by atoms with Gasteiger partial charge in [-0.2, -0.15) is 29.9 Å². The molecule has 1 aromatic heterocycles. The van der Waals surface area contributed by atoms with Crippen LogP contribution in [0.1, 0.15) is 12.6 Å². The molecule has 0 radical (unpaired) electrons. The summed E-state index contributed by atoms with van der Waals surface area (Å²) >= 11 is 1.79. The van der Waals surface area contributed by atoms with E-state index >= 15 is 0 Å². The molecule has 0 saturated carbocycles. The van der Waals surface area contributed by atoms with Gasteiger partial charge in [0.25, 0.3) is 0 Å². The summed E-state index contributed by atoms with van der Waals surface area (Å²) in [5, 5.41) is 2.75. The Balaban J connectivity index is 2.33. The number of hydrogen-bond acceptors (Lipinski definition) is 5. The Morgan fingerprint density at radius 1 is 1.32 bits per heavy atom. The fourth-order valence-corrected chi connectivity index (χ4v) is 2.67. The van der Waals surface area contributed by atoms with Gasteiger partial charge in [-0.05, 0) is 6.92 Å². The van der Waals surface area contributed by atoms with E-state index in [0.29, 0.717) is 25.5 Å². The highest BCUT2D eigenvalue weighted by molar-refractivity contribution is 7.99. The second kappa shape index (κ2) is 5.85. The Morgan fingerprint density at radius 2 is 2.00 bits per heavy atom. The SMILES string of the molecule is CCNc1nc(N2CCSCC2)cc(C(F)(F)F)n1. The molecule has 2 rings (SSSR count). The molecular weight excluding hydrogens is 277 g/mol. The number of nitrogens with one attached hydrogen (secondary N) is 1. The maximum absolute atomic E-state index is 12.8. The van der Waals surface area contributed by atoms with Crippen LogP contribution in [-0.2, 0) is 6.18 Å². The number of rotatable bonds is 3. The summed E-state index contributed by atoms with van der Waals surface area (Å²) in [5.74, 6) is 2.19. The van der Waals surface area contributed by atoms with E-state index in [1.165, 1.54) is 0 Å². The van der Waals surface area contributed by atoms with Crippen LogP contribution in [0, 0.1) is 0 Å². The third-order valence-electron chi connectivity index (χ3n) is 2.67. The molecule has 0 aliphatic carbocycles. The van der Waals surface area contributed by atoms with Crippen molar-refractivity contribution in [2.24, 2.45) is 0 Å². The summed E-state index contributed by atoms with van der Waals surface area (Å²) in [5.41, 5.74) is -0.897. The molecule has 0 bridgehead atoms. The van der Waals surface area contributed by atoms with Gasteiger partial charge in [-0.25, -0.2) is 4.98 Å². The van der Waals surface area contributed by atoms with Crippen LogP contribution >= 0.6 is 11.8 Å². The van der Waals surface area contributed by atoms with Gasteiger partial charge in [0, 0.05) is 37.2 Å². The van der Waals surface area contributed by atoms with Crippen LogP contribution in [0.4, 0.5) is 24.9 Å². The average Bonchev–Trinajstić information content (AvgIpc) is 2.39. The van der Waals surface area contributed by atoms with E-state index in [0.717, 1.165) is 17.6 Å². The Labute approximate surface area is 113 Å². The molecule has 19 heavy (non-hydrogen) atoms. The van der Waals surface area contributed by atoms with Gasteiger partial charge in [-0.3, -0.25) is 0 Å². The molecule has 0 spiro atoms. The number of nitrogens with zero attached hydrogens (tertiary/aromatic N) is 3. The molecule has 106 valence electrons. The summed E-state index contributed by atoms with van der Waals surface area (Å²) in [4.78, 5) is 9.53. The number of anilines is 2. The lowest BCUT2D eigenvalue weighted by Gasteiger charge is -2.28. The molecule has 0 amide bonds. The number of alkyl halides is 3. The highest BCUT2D eigenvalue weighted by Crippen LogP contribution is 2.31. The molecule has 1 saturated heterocycles. The summed E-state index contributed by atoms with van der Waals surface area (Å²) < 4.78 is 38.4. The molecule has 8 heteroatoms. The molecular formula is C11H15F3N4S. The zero-order valence-electron chi connectivity index (χ0n) is 10.5. The van der Waals surface area contributed by atoms with Crippen LogP contribution in [0.2, 0.25) is 0 Å². The maximum Gasteiger partial charge on any atom is 0.433 e. The normalized spacial score (nSPS) is 16.5. The van der Waals surface area contributed by atoms with Gasteiger partial charge in [0.15, 0.2) is 5.69 Å². The van der Waals surface area contributed by atoms with Crippen LogP contribution in [0.15, 0.2) is 6.07 Å². The number of thioether (sulfide) groups is 1. The summed E-state index contributed by atoms with van der Waals surface area (Å²) in [7, 11) is 0. The van der Waals surface area contributed by atoms with Gasteiger partial charge in [0.2, 0.25) is 5.95 Å². The van der Waals surface area contributed by atoms with Crippen molar-refractivity contribution < 1.29 is 13.2 Å². The zero-order chi connectivity index (χ0) is 13.9. The third kappa shape index (κ3) is 3.65. The molecule has 1 fully saturated rings. The van der Waals surface area contributed by atoms with Gasteiger partial charge in [-0.15, -0.1) is 0 Å². The first-order valence-electron chi connectivity index (χ1n) is 6.03. The van der Waals surface area contributed by atoms with Crippen LogP contribution in [0.5, 0.6) is 0 Å². The molecule has 1 aliphatic rings. The first kappa shape index (κ1) is 14.2. The second-order valence-electron chi connectivity index (χ2n) is 4.06. The predicted octanol–water partition coefficient (Wildman–Crippen LogP) is 2.48. The van der Waals surface area contributed by atoms with E-state index in [4.69, 9.17) is 0 Å². The lowest BCUT2D eigenvalue weighted by atomic mass is 10.3. The monoisotopic (exact) mass is 292 g/mol. The summed E-state index contributed by atoms with van der Waals surface area (Å²) in [6, 6.07) is 1.02. The van der Waals surface area contributed by atoms with E-state index in [-0.39, 0.29) is 5.95 Å². The molecule has 2 heterocycles. The Hall–Kier alpha value is -1.18. The van der Waals surface area contributed by atoms with Gasteiger partial charge < -0.3 is 10.2 Å². The average molecular weight is 292 g/mol. The van der Waals surface area contributed by atoms with Gasteiger partial charge >= 0.3 is 6.18 Å². The minimum Gasteiger partial charge on any atom is -0.355 e. The minimum absolute atomic E-state index is 0.0329. The van der Waals surface area contributed by atoms with Crippen LogP contribution in [-0.4, -0.2) is 41.1 Å². The zero-order valence-corrected chi connectivity index (χ0v) is 11.3.